The number of aliphatic carboxylic acids is 1. The van der Waals surface area contributed by atoms with Crippen molar-refractivity contribution in [2.75, 3.05) is 18.0 Å². The number of ether oxygens (including phenoxy) is 1. The molecule has 5 rings (SSSR count). The fourth-order valence-electron chi connectivity index (χ4n) is 3.87. The van der Waals surface area contributed by atoms with Gasteiger partial charge in [0.1, 0.15) is 11.5 Å². The van der Waals surface area contributed by atoms with Crippen LogP contribution in [0.5, 0.6) is 11.5 Å². The lowest BCUT2D eigenvalue weighted by atomic mass is 10.1. The van der Waals surface area contributed by atoms with Crippen LogP contribution in [0.3, 0.4) is 0 Å². The van der Waals surface area contributed by atoms with Gasteiger partial charge >= 0.3 is 5.97 Å². The van der Waals surface area contributed by atoms with Gasteiger partial charge in [-0.2, -0.15) is 0 Å². The van der Waals surface area contributed by atoms with Gasteiger partial charge < -0.3 is 14.7 Å². The van der Waals surface area contributed by atoms with E-state index < -0.39 is 5.97 Å². The van der Waals surface area contributed by atoms with E-state index >= 15 is 0 Å². The number of para-hydroxylation sites is 1. The van der Waals surface area contributed by atoms with Crippen LogP contribution in [-0.4, -0.2) is 29.1 Å². The summed E-state index contributed by atoms with van der Waals surface area (Å²) in [7, 11) is 0. The maximum Gasteiger partial charge on any atom is 0.308 e. The van der Waals surface area contributed by atoms with Gasteiger partial charge in [-0.15, -0.1) is 0 Å². The van der Waals surface area contributed by atoms with Crippen molar-refractivity contribution in [3.63, 3.8) is 0 Å². The van der Waals surface area contributed by atoms with E-state index in [1.807, 2.05) is 72.8 Å². The molecule has 5 nitrogen and oxygen atoms in total. The van der Waals surface area contributed by atoms with Crippen molar-refractivity contribution in [2.45, 2.75) is 6.42 Å². The van der Waals surface area contributed by atoms with Crippen LogP contribution in [0.2, 0.25) is 0 Å². The molecule has 0 bridgehead atoms. The molecule has 4 aromatic rings. The highest BCUT2D eigenvalue weighted by Gasteiger charge is 2.30. The van der Waals surface area contributed by atoms with Crippen molar-refractivity contribution in [3.05, 3.63) is 84.9 Å². The number of hydrogen-bond donors (Lipinski definition) is 1. The van der Waals surface area contributed by atoms with Crippen LogP contribution in [0.4, 0.5) is 5.13 Å². The van der Waals surface area contributed by atoms with Gasteiger partial charge in [0.05, 0.1) is 16.5 Å². The van der Waals surface area contributed by atoms with E-state index in [2.05, 4.69) is 17.0 Å². The Balaban J connectivity index is 1.47. The summed E-state index contributed by atoms with van der Waals surface area (Å²) in [5, 5.41) is 10.2. The number of benzene rings is 3. The van der Waals surface area contributed by atoms with Gasteiger partial charge in [-0.3, -0.25) is 4.79 Å². The number of hydrogen-bond acceptors (Lipinski definition) is 5. The van der Waals surface area contributed by atoms with Gasteiger partial charge in [0, 0.05) is 18.7 Å². The normalized spacial score (nSPS) is 15.6. The van der Waals surface area contributed by atoms with E-state index in [0.717, 1.165) is 38.3 Å². The summed E-state index contributed by atoms with van der Waals surface area (Å²) in [4.78, 5) is 19.5. The SMILES string of the molecule is O=C(O)C1CCN(c2nc(-c3ccc(Oc4ccccc4)cc3)c(-c3ccccc3)s2)C1. The zero-order valence-electron chi connectivity index (χ0n) is 17.3. The first-order valence-corrected chi connectivity index (χ1v) is 11.4. The summed E-state index contributed by atoms with van der Waals surface area (Å²) >= 11 is 1.62. The van der Waals surface area contributed by atoms with Crippen LogP contribution < -0.4 is 9.64 Å². The van der Waals surface area contributed by atoms with E-state index in [-0.39, 0.29) is 5.92 Å². The summed E-state index contributed by atoms with van der Waals surface area (Å²) in [5.74, 6) is 0.488. The van der Waals surface area contributed by atoms with E-state index in [0.29, 0.717) is 19.5 Å². The number of thiazole rings is 1. The largest absolute Gasteiger partial charge is 0.481 e. The Hall–Kier alpha value is -3.64. The Morgan fingerprint density at radius 1 is 0.906 bits per heavy atom. The third-order valence-electron chi connectivity index (χ3n) is 5.57. The zero-order valence-corrected chi connectivity index (χ0v) is 18.2. The highest BCUT2D eigenvalue weighted by atomic mass is 32.1. The monoisotopic (exact) mass is 442 g/mol. The second-order valence-electron chi connectivity index (χ2n) is 7.75. The summed E-state index contributed by atoms with van der Waals surface area (Å²) in [6, 6.07) is 27.8. The van der Waals surface area contributed by atoms with Gasteiger partial charge in [-0.05, 0) is 48.4 Å². The highest BCUT2D eigenvalue weighted by molar-refractivity contribution is 7.19. The van der Waals surface area contributed by atoms with Crippen LogP contribution in [0.15, 0.2) is 84.9 Å². The molecule has 1 aromatic heterocycles. The number of rotatable bonds is 6. The summed E-state index contributed by atoms with van der Waals surface area (Å²) < 4.78 is 5.92. The molecule has 3 aromatic carbocycles. The number of carboxylic acid groups (broad SMARTS) is 1. The molecular weight excluding hydrogens is 420 g/mol. The quantitative estimate of drug-likeness (QED) is 0.386. The third-order valence-corrected chi connectivity index (χ3v) is 6.73. The van der Waals surface area contributed by atoms with Crippen molar-refractivity contribution in [1.29, 1.82) is 0 Å². The fourth-order valence-corrected chi connectivity index (χ4v) is 4.99. The van der Waals surface area contributed by atoms with Gasteiger partial charge in [-0.25, -0.2) is 4.98 Å². The van der Waals surface area contributed by atoms with Crippen LogP contribution in [0, 0.1) is 5.92 Å². The Morgan fingerprint density at radius 2 is 1.56 bits per heavy atom. The predicted octanol–water partition coefficient (Wildman–Crippen LogP) is 6.18. The number of anilines is 1. The van der Waals surface area contributed by atoms with E-state index in [9.17, 15) is 9.90 Å². The molecule has 160 valence electrons. The molecule has 1 saturated heterocycles. The lowest BCUT2D eigenvalue weighted by Crippen LogP contribution is -2.22. The van der Waals surface area contributed by atoms with Crippen molar-refractivity contribution in [3.8, 4) is 33.2 Å². The third kappa shape index (κ3) is 4.22. The highest BCUT2D eigenvalue weighted by Crippen LogP contribution is 2.42. The van der Waals surface area contributed by atoms with E-state index in [1.54, 1.807) is 11.3 Å². The molecule has 1 aliphatic heterocycles. The predicted molar refractivity (Wildman–Crippen MR) is 127 cm³/mol. The number of carbonyl (C=O) groups is 1. The average molecular weight is 443 g/mol. The molecule has 0 aliphatic carbocycles. The molecule has 1 N–H and O–H groups in total. The molecule has 32 heavy (non-hydrogen) atoms. The van der Waals surface area contributed by atoms with Crippen molar-refractivity contribution in [1.82, 2.24) is 4.98 Å². The minimum atomic E-state index is -0.735. The Kier molecular flexibility index (Phi) is 5.60. The first-order chi connectivity index (χ1) is 15.7. The topological polar surface area (TPSA) is 62.7 Å². The van der Waals surface area contributed by atoms with Crippen molar-refractivity contribution < 1.29 is 14.6 Å². The standard InChI is InChI=1S/C26H22N2O3S/c29-25(30)20-15-16-28(17-20)26-27-23(24(32-26)19-7-3-1-4-8-19)18-11-13-22(14-12-18)31-21-9-5-2-6-10-21/h1-14,20H,15-17H2,(H,29,30). The number of carboxylic acids is 1. The molecule has 0 amide bonds. The summed E-state index contributed by atoms with van der Waals surface area (Å²) in [5.41, 5.74) is 3.01. The molecule has 0 spiro atoms. The van der Waals surface area contributed by atoms with Crippen LogP contribution >= 0.6 is 11.3 Å². The molecule has 1 unspecified atom stereocenters. The Morgan fingerprint density at radius 3 is 2.22 bits per heavy atom. The molecule has 2 heterocycles. The van der Waals surface area contributed by atoms with Crippen LogP contribution in [0.25, 0.3) is 21.7 Å². The maximum absolute atomic E-state index is 11.4. The lowest BCUT2D eigenvalue weighted by molar-refractivity contribution is -0.140. The first kappa shape index (κ1) is 20.3. The minimum absolute atomic E-state index is 0.336. The Labute approximate surface area is 190 Å². The number of aromatic nitrogens is 1. The first-order valence-electron chi connectivity index (χ1n) is 10.5. The number of nitrogens with zero attached hydrogens (tertiary/aromatic N) is 2. The van der Waals surface area contributed by atoms with Crippen LogP contribution in [-0.2, 0) is 4.79 Å². The molecule has 1 atom stereocenters. The molecule has 0 saturated carbocycles. The smallest absolute Gasteiger partial charge is 0.308 e. The Bertz CT molecular complexity index is 1210. The van der Waals surface area contributed by atoms with Crippen LogP contribution in [0.1, 0.15) is 6.42 Å². The molecule has 1 fully saturated rings. The van der Waals surface area contributed by atoms with E-state index in [1.165, 1.54) is 0 Å². The van der Waals surface area contributed by atoms with Gasteiger partial charge in [0.25, 0.3) is 0 Å². The van der Waals surface area contributed by atoms with Crippen molar-refractivity contribution >= 4 is 22.4 Å². The lowest BCUT2D eigenvalue weighted by Gasteiger charge is -2.13. The molecular formula is C26H22N2O3S. The second-order valence-corrected chi connectivity index (χ2v) is 8.73. The second kappa shape index (κ2) is 8.85. The average Bonchev–Trinajstić information content (AvgIpc) is 3.49. The molecule has 6 heteroatoms. The summed E-state index contributed by atoms with van der Waals surface area (Å²) in [6.07, 6.45) is 0.649. The fraction of sp³-hybridized carbons (Fsp3) is 0.154. The van der Waals surface area contributed by atoms with Gasteiger partial charge in [0.2, 0.25) is 0 Å². The van der Waals surface area contributed by atoms with Gasteiger partial charge in [-0.1, -0.05) is 59.9 Å². The minimum Gasteiger partial charge on any atom is -0.481 e. The molecule has 1 aliphatic rings. The van der Waals surface area contributed by atoms with Gasteiger partial charge in [0.15, 0.2) is 5.13 Å². The molecule has 0 radical (unpaired) electrons. The zero-order chi connectivity index (χ0) is 21.9. The summed E-state index contributed by atoms with van der Waals surface area (Å²) in [6.45, 7) is 1.21. The van der Waals surface area contributed by atoms with Crippen molar-refractivity contribution in [2.24, 2.45) is 5.92 Å². The maximum atomic E-state index is 11.4. The van der Waals surface area contributed by atoms with E-state index in [4.69, 9.17) is 9.72 Å².